The molecule has 0 aromatic carbocycles. The third kappa shape index (κ3) is 3.16. The molecule has 0 spiro atoms. The molecule has 3 heterocycles. The van der Waals surface area contributed by atoms with Gasteiger partial charge >= 0.3 is 5.69 Å². The molecule has 0 saturated carbocycles. The summed E-state index contributed by atoms with van der Waals surface area (Å²) in [6.07, 6.45) is 6.05. The zero-order valence-electron chi connectivity index (χ0n) is 14.0. The molecule has 1 aliphatic carbocycles. The van der Waals surface area contributed by atoms with E-state index >= 15 is 0 Å². The highest BCUT2D eigenvalue weighted by Gasteiger charge is 2.25. The van der Waals surface area contributed by atoms with E-state index in [1.165, 1.54) is 6.20 Å². The van der Waals surface area contributed by atoms with Crippen molar-refractivity contribution >= 4 is 5.91 Å². The molecule has 1 aliphatic heterocycles. The number of imidazole rings is 1. The minimum atomic E-state index is -0.375. The molecule has 1 amide bonds. The second-order valence-electron chi connectivity index (χ2n) is 6.88. The summed E-state index contributed by atoms with van der Waals surface area (Å²) in [6, 6.07) is 1.73. The van der Waals surface area contributed by atoms with Gasteiger partial charge in [0, 0.05) is 31.9 Å². The van der Waals surface area contributed by atoms with Crippen LogP contribution in [-0.2, 0) is 19.4 Å². The van der Waals surface area contributed by atoms with Crippen LogP contribution in [0.25, 0.3) is 0 Å². The molecule has 2 N–H and O–H groups in total. The van der Waals surface area contributed by atoms with Crippen molar-refractivity contribution in [2.45, 2.75) is 38.6 Å². The van der Waals surface area contributed by atoms with E-state index in [9.17, 15) is 14.4 Å². The van der Waals surface area contributed by atoms with Gasteiger partial charge in [0.2, 0.25) is 0 Å². The van der Waals surface area contributed by atoms with E-state index in [1.54, 1.807) is 15.6 Å². The van der Waals surface area contributed by atoms with Crippen molar-refractivity contribution in [1.29, 1.82) is 0 Å². The first-order chi connectivity index (χ1) is 12.1. The number of aryl methyl sites for hydroxylation is 2. The highest BCUT2D eigenvalue weighted by Crippen LogP contribution is 2.21. The Bertz CT molecular complexity index is 901. The third-order valence-electron chi connectivity index (χ3n) is 5.18. The minimum absolute atomic E-state index is 0.0240. The molecular formula is C17H21N5O3. The maximum Gasteiger partial charge on any atom is 0.323 e. The topological polar surface area (TPSA) is 104 Å². The van der Waals surface area contributed by atoms with Crippen LogP contribution in [-0.4, -0.2) is 43.6 Å². The molecule has 1 saturated heterocycles. The normalized spacial score (nSPS) is 17.7. The molecule has 132 valence electrons. The lowest BCUT2D eigenvalue weighted by molar-refractivity contribution is 0.0675. The zero-order valence-corrected chi connectivity index (χ0v) is 14.0. The molecule has 1 fully saturated rings. The molecule has 25 heavy (non-hydrogen) atoms. The van der Waals surface area contributed by atoms with Gasteiger partial charge < -0.3 is 14.9 Å². The minimum Gasteiger partial charge on any atom is -0.337 e. The fraction of sp³-hybridized carbons (Fsp3) is 0.529. The quantitative estimate of drug-likeness (QED) is 0.836. The van der Waals surface area contributed by atoms with E-state index in [0.717, 1.165) is 43.4 Å². The van der Waals surface area contributed by atoms with Crippen LogP contribution in [0, 0.1) is 5.92 Å². The van der Waals surface area contributed by atoms with Gasteiger partial charge in [-0.25, -0.2) is 9.48 Å². The molecule has 0 unspecified atom stereocenters. The van der Waals surface area contributed by atoms with Gasteiger partial charge in [0.1, 0.15) is 5.69 Å². The van der Waals surface area contributed by atoms with Crippen LogP contribution in [0.3, 0.4) is 0 Å². The lowest BCUT2D eigenvalue weighted by Gasteiger charge is -2.31. The summed E-state index contributed by atoms with van der Waals surface area (Å²) < 4.78 is 1.59. The van der Waals surface area contributed by atoms with E-state index in [2.05, 4.69) is 15.1 Å². The molecule has 0 atom stereocenters. The van der Waals surface area contributed by atoms with Crippen LogP contribution >= 0.6 is 0 Å². The van der Waals surface area contributed by atoms with E-state index in [0.29, 0.717) is 31.2 Å². The molecule has 0 radical (unpaired) electrons. The van der Waals surface area contributed by atoms with Crippen molar-refractivity contribution in [2.24, 2.45) is 5.92 Å². The Balaban J connectivity index is 1.39. The Morgan fingerprint density at radius 1 is 1.24 bits per heavy atom. The monoisotopic (exact) mass is 343 g/mol. The zero-order chi connectivity index (χ0) is 17.4. The number of fused-ring (bicyclic) bond motifs is 1. The second-order valence-corrected chi connectivity index (χ2v) is 6.88. The van der Waals surface area contributed by atoms with Gasteiger partial charge in [-0.15, -0.1) is 0 Å². The fourth-order valence-electron chi connectivity index (χ4n) is 3.75. The largest absolute Gasteiger partial charge is 0.337 e. The van der Waals surface area contributed by atoms with Gasteiger partial charge in [-0.05, 0) is 43.6 Å². The van der Waals surface area contributed by atoms with Crippen LogP contribution in [0.1, 0.15) is 41.0 Å². The molecule has 2 aliphatic rings. The predicted octanol–water partition coefficient (Wildman–Crippen LogP) is 0.301. The Kier molecular flexibility index (Phi) is 4.03. The Morgan fingerprint density at radius 3 is 2.76 bits per heavy atom. The number of rotatable bonds is 3. The highest BCUT2D eigenvalue weighted by atomic mass is 16.2. The van der Waals surface area contributed by atoms with Crippen molar-refractivity contribution in [3.63, 3.8) is 0 Å². The number of hydrogen-bond acceptors (Lipinski definition) is 4. The summed E-state index contributed by atoms with van der Waals surface area (Å²) in [5.74, 6) is 0.170. The molecule has 2 aromatic rings. The summed E-state index contributed by atoms with van der Waals surface area (Å²) >= 11 is 0. The molecule has 8 heteroatoms. The molecular weight excluding hydrogens is 322 g/mol. The van der Waals surface area contributed by atoms with Crippen molar-refractivity contribution in [1.82, 2.24) is 24.6 Å². The number of carbonyl (C=O) groups is 1. The van der Waals surface area contributed by atoms with Crippen LogP contribution < -0.4 is 11.2 Å². The standard InChI is InChI=1S/C17H21N5O3/c23-15-8-12-2-1-3-13(12)20-22(15)10-11-4-6-21(7-5-11)16(24)14-9-18-17(25)19-14/h8-9,11H,1-7,10H2,(H2,18,19,25). The maximum atomic E-state index is 12.3. The number of H-pyrrole nitrogens is 2. The van der Waals surface area contributed by atoms with Gasteiger partial charge in [-0.2, -0.15) is 5.10 Å². The van der Waals surface area contributed by atoms with Crippen molar-refractivity contribution in [3.05, 3.63) is 50.1 Å². The Labute approximate surface area is 143 Å². The number of likely N-dealkylation sites (tertiary alicyclic amines) is 1. The number of nitrogens with zero attached hydrogens (tertiary/aromatic N) is 3. The fourth-order valence-corrected chi connectivity index (χ4v) is 3.75. The summed E-state index contributed by atoms with van der Waals surface area (Å²) in [5.41, 5.74) is 2.05. The average molecular weight is 343 g/mol. The van der Waals surface area contributed by atoms with E-state index in [4.69, 9.17) is 0 Å². The van der Waals surface area contributed by atoms with Crippen molar-refractivity contribution in [2.75, 3.05) is 13.1 Å². The number of piperidine rings is 1. The maximum absolute atomic E-state index is 12.3. The first-order valence-electron chi connectivity index (χ1n) is 8.77. The number of amides is 1. The van der Waals surface area contributed by atoms with Crippen molar-refractivity contribution < 1.29 is 4.79 Å². The SMILES string of the molecule is O=C(c1c[nH]c(=O)[nH]1)N1CCC(Cn2nc3c(cc2=O)CCC3)CC1. The molecule has 4 rings (SSSR count). The number of carbonyl (C=O) groups excluding carboxylic acids is 1. The summed E-state index contributed by atoms with van der Waals surface area (Å²) in [6.45, 7) is 1.85. The molecule has 8 nitrogen and oxygen atoms in total. The van der Waals surface area contributed by atoms with Gasteiger partial charge in [0.15, 0.2) is 0 Å². The number of aromatic nitrogens is 4. The van der Waals surface area contributed by atoms with Crippen LogP contribution in [0.2, 0.25) is 0 Å². The second kappa shape index (κ2) is 6.34. The molecule has 2 aromatic heterocycles. The first-order valence-corrected chi connectivity index (χ1v) is 8.77. The third-order valence-corrected chi connectivity index (χ3v) is 5.18. The van der Waals surface area contributed by atoms with Gasteiger partial charge in [0.05, 0.1) is 5.69 Å². The first kappa shape index (κ1) is 15.9. The predicted molar refractivity (Wildman–Crippen MR) is 90.6 cm³/mol. The van der Waals surface area contributed by atoms with Gasteiger partial charge in [-0.1, -0.05) is 0 Å². The van der Waals surface area contributed by atoms with Crippen molar-refractivity contribution in [3.8, 4) is 0 Å². The number of hydrogen-bond donors (Lipinski definition) is 2. The highest BCUT2D eigenvalue weighted by molar-refractivity contribution is 5.92. The Hall–Kier alpha value is -2.64. The van der Waals surface area contributed by atoms with E-state index in [1.807, 2.05) is 0 Å². The van der Waals surface area contributed by atoms with E-state index < -0.39 is 0 Å². The van der Waals surface area contributed by atoms with E-state index in [-0.39, 0.29) is 17.2 Å². The smallest absolute Gasteiger partial charge is 0.323 e. The summed E-state index contributed by atoms with van der Waals surface area (Å²) in [5, 5.41) is 4.53. The van der Waals surface area contributed by atoms with Crippen LogP contribution in [0.5, 0.6) is 0 Å². The lowest BCUT2D eigenvalue weighted by atomic mass is 9.96. The van der Waals surface area contributed by atoms with Gasteiger partial charge in [-0.3, -0.25) is 9.59 Å². The summed E-state index contributed by atoms with van der Waals surface area (Å²) in [7, 11) is 0. The average Bonchev–Trinajstić information content (AvgIpc) is 3.24. The number of nitrogens with one attached hydrogen (secondary N) is 2. The lowest BCUT2D eigenvalue weighted by Crippen LogP contribution is -2.40. The van der Waals surface area contributed by atoms with Crippen LogP contribution in [0.4, 0.5) is 0 Å². The number of aromatic amines is 2. The Morgan fingerprint density at radius 2 is 2.04 bits per heavy atom. The summed E-state index contributed by atoms with van der Waals surface area (Å²) in [4.78, 5) is 42.4. The van der Waals surface area contributed by atoms with Gasteiger partial charge in [0.25, 0.3) is 11.5 Å². The molecule has 0 bridgehead atoms. The van der Waals surface area contributed by atoms with Crippen LogP contribution in [0.15, 0.2) is 21.9 Å².